The standard InChI is InChI=1S/C29H26N4O5S/c1-17-26(28(36)33-21-10-12-22(37-3)13-11-21)27(24-5-4-14-38-24)23(15-30)29(31-17)39-16-25(35)32-20-8-6-19(7-9-20)18(2)34/h4-14,27,31H,16H2,1-3H3,(H,32,35)(H,33,36)/t27-/m0/s1. The van der Waals surface area contributed by atoms with Crippen LogP contribution in [-0.4, -0.2) is 30.5 Å². The lowest BCUT2D eigenvalue weighted by molar-refractivity contribution is -0.114. The molecular formula is C29H26N4O5S. The number of furan rings is 1. The smallest absolute Gasteiger partial charge is 0.254 e. The predicted molar refractivity (Wildman–Crippen MR) is 149 cm³/mol. The number of hydrogen-bond acceptors (Lipinski definition) is 8. The molecule has 0 bridgehead atoms. The number of ether oxygens (including phenoxy) is 1. The third-order valence-corrected chi connectivity index (χ3v) is 7.01. The highest BCUT2D eigenvalue weighted by Crippen LogP contribution is 2.41. The van der Waals surface area contributed by atoms with Crippen molar-refractivity contribution in [1.82, 2.24) is 5.32 Å². The summed E-state index contributed by atoms with van der Waals surface area (Å²) in [5.41, 5.74) is 2.80. The first-order valence-electron chi connectivity index (χ1n) is 11.9. The summed E-state index contributed by atoms with van der Waals surface area (Å²) in [6.45, 7) is 3.21. The highest BCUT2D eigenvalue weighted by Gasteiger charge is 2.36. The van der Waals surface area contributed by atoms with Crippen molar-refractivity contribution in [2.45, 2.75) is 19.8 Å². The third kappa shape index (κ3) is 6.40. The first kappa shape index (κ1) is 27.3. The number of rotatable bonds is 9. The van der Waals surface area contributed by atoms with Gasteiger partial charge in [-0.3, -0.25) is 14.4 Å². The van der Waals surface area contributed by atoms with E-state index in [9.17, 15) is 19.6 Å². The highest BCUT2D eigenvalue weighted by molar-refractivity contribution is 8.03. The zero-order valence-corrected chi connectivity index (χ0v) is 22.3. The van der Waals surface area contributed by atoms with Crippen molar-refractivity contribution in [3.63, 3.8) is 0 Å². The third-order valence-electron chi connectivity index (χ3n) is 5.99. The molecule has 0 saturated heterocycles. The SMILES string of the molecule is COc1ccc(NC(=O)C2=C(C)NC(SCC(=O)Nc3ccc(C(C)=O)cc3)=C(C#N)[C@H]2c2ccco2)cc1. The molecule has 0 unspecified atom stereocenters. The first-order chi connectivity index (χ1) is 18.8. The van der Waals surface area contributed by atoms with Crippen molar-refractivity contribution in [1.29, 1.82) is 5.26 Å². The van der Waals surface area contributed by atoms with E-state index in [1.54, 1.807) is 74.7 Å². The van der Waals surface area contributed by atoms with Gasteiger partial charge >= 0.3 is 0 Å². The first-order valence-corrected chi connectivity index (χ1v) is 12.9. The second-order valence-electron chi connectivity index (χ2n) is 8.62. The molecule has 2 aromatic carbocycles. The summed E-state index contributed by atoms with van der Waals surface area (Å²) in [5, 5.41) is 19.4. The fourth-order valence-corrected chi connectivity index (χ4v) is 4.96. The summed E-state index contributed by atoms with van der Waals surface area (Å²) < 4.78 is 10.8. The second-order valence-corrected chi connectivity index (χ2v) is 9.61. The number of hydrogen-bond donors (Lipinski definition) is 3. The van der Waals surface area contributed by atoms with E-state index in [2.05, 4.69) is 22.0 Å². The lowest BCUT2D eigenvalue weighted by Crippen LogP contribution is -2.31. The lowest BCUT2D eigenvalue weighted by Gasteiger charge is -2.28. The molecule has 9 nitrogen and oxygen atoms in total. The zero-order chi connectivity index (χ0) is 27.9. The number of thioether (sulfide) groups is 1. The Labute approximate surface area is 229 Å². The van der Waals surface area contributed by atoms with Crippen LogP contribution in [0.4, 0.5) is 11.4 Å². The molecule has 1 aromatic heterocycles. The molecule has 3 N–H and O–H groups in total. The summed E-state index contributed by atoms with van der Waals surface area (Å²) in [5.74, 6) is -0.418. The van der Waals surface area contributed by atoms with Gasteiger partial charge in [0.1, 0.15) is 11.5 Å². The number of dihydropyridines is 1. The van der Waals surface area contributed by atoms with Gasteiger partial charge in [-0.05, 0) is 74.5 Å². The molecule has 0 radical (unpaired) electrons. The maximum absolute atomic E-state index is 13.4. The zero-order valence-electron chi connectivity index (χ0n) is 21.5. The van der Waals surface area contributed by atoms with Gasteiger partial charge in [0.05, 0.1) is 47.3 Å². The lowest BCUT2D eigenvalue weighted by atomic mass is 9.85. The van der Waals surface area contributed by atoms with Crippen LogP contribution in [0.25, 0.3) is 0 Å². The molecule has 0 spiro atoms. The average molecular weight is 543 g/mol. The number of nitrogens with zero attached hydrogens (tertiary/aromatic N) is 1. The number of anilines is 2. The van der Waals surface area contributed by atoms with E-state index in [0.29, 0.717) is 44.7 Å². The summed E-state index contributed by atoms with van der Waals surface area (Å²) in [6.07, 6.45) is 1.48. The summed E-state index contributed by atoms with van der Waals surface area (Å²) in [4.78, 5) is 37.5. The minimum atomic E-state index is -0.769. The van der Waals surface area contributed by atoms with Gasteiger partial charge in [-0.25, -0.2) is 0 Å². The molecule has 1 aliphatic rings. The van der Waals surface area contributed by atoms with Crippen LogP contribution >= 0.6 is 11.8 Å². The summed E-state index contributed by atoms with van der Waals surface area (Å²) in [7, 11) is 1.56. The molecule has 198 valence electrons. The predicted octanol–water partition coefficient (Wildman–Crippen LogP) is 5.20. The Morgan fingerprint density at radius 1 is 1.05 bits per heavy atom. The molecule has 0 saturated carbocycles. The van der Waals surface area contributed by atoms with Crippen LogP contribution in [0.3, 0.4) is 0 Å². The second kappa shape index (κ2) is 12.2. The Morgan fingerprint density at radius 3 is 2.31 bits per heavy atom. The van der Waals surface area contributed by atoms with Crippen molar-refractivity contribution >= 4 is 40.7 Å². The van der Waals surface area contributed by atoms with Crippen molar-refractivity contribution in [3.05, 3.63) is 100 Å². The van der Waals surface area contributed by atoms with Crippen LogP contribution < -0.4 is 20.7 Å². The van der Waals surface area contributed by atoms with E-state index in [1.165, 1.54) is 13.2 Å². The summed E-state index contributed by atoms with van der Waals surface area (Å²) in [6, 6.07) is 19.1. The number of Topliss-reactive ketones (excluding diaryl/α,β-unsaturated/α-hetero) is 1. The van der Waals surface area contributed by atoms with E-state index >= 15 is 0 Å². The quantitative estimate of drug-likeness (QED) is 0.314. The number of carbonyl (C=O) groups is 3. The monoisotopic (exact) mass is 542 g/mol. The Kier molecular flexibility index (Phi) is 8.53. The number of allylic oxidation sites excluding steroid dienone is 2. The van der Waals surface area contributed by atoms with Crippen LogP contribution in [-0.2, 0) is 9.59 Å². The Bertz CT molecular complexity index is 1480. The number of nitrogens with one attached hydrogen (secondary N) is 3. The highest BCUT2D eigenvalue weighted by atomic mass is 32.2. The summed E-state index contributed by atoms with van der Waals surface area (Å²) >= 11 is 1.15. The van der Waals surface area contributed by atoms with Crippen LogP contribution in [0.15, 0.2) is 93.2 Å². The normalized spacial score (nSPS) is 14.8. The molecule has 3 aromatic rings. The van der Waals surface area contributed by atoms with Gasteiger partial charge in [-0.2, -0.15) is 5.26 Å². The molecule has 39 heavy (non-hydrogen) atoms. The van der Waals surface area contributed by atoms with Gasteiger partial charge in [-0.1, -0.05) is 11.8 Å². The molecular weight excluding hydrogens is 516 g/mol. The molecule has 2 amide bonds. The van der Waals surface area contributed by atoms with Gasteiger partial charge in [-0.15, -0.1) is 0 Å². The Balaban J connectivity index is 1.53. The fourth-order valence-electron chi connectivity index (χ4n) is 4.06. The van der Waals surface area contributed by atoms with Crippen LogP contribution in [0, 0.1) is 11.3 Å². The van der Waals surface area contributed by atoms with E-state index in [0.717, 1.165) is 11.8 Å². The maximum Gasteiger partial charge on any atom is 0.254 e. The average Bonchev–Trinajstić information content (AvgIpc) is 3.47. The molecule has 1 aliphatic heterocycles. The topological polar surface area (TPSA) is 133 Å². The molecule has 2 heterocycles. The van der Waals surface area contributed by atoms with Gasteiger partial charge in [0.15, 0.2) is 5.78 Å². The maximum atomic E-state index is 13.4. The Morgan fingerprint density at radius 2 is 1.72 bits per heavy atom. The van der Waals surface area contributed by atoms with Gasteiger partial charge in [0, 0.05) is 22.6 Å². The number of ketones is 1. The van der Waals surface area contributed by atoms with Gasteiger partial charge < -0.3 is 25.1 Å². The van der Waals surface area contributed by atoms with E-state index < -0.39 is 11.8 Å². The molecule has 0 fully saturated rings. The van der Waals surface area contributed by atoms with Crippen molar-refractivity contribution in [3.8, 4) is 11.8 Å². The van der Waals surface area contributed by atoms with Crippen LogP contribution in [0.2, 0.25) is 0 Å². The number of methoxy groups -OCH3 is 1. The van der Waals surface area contributed by atoms with Crippen molar-refractivity contribution in [2.75, 3.05) is 23.5 Å². The Hall–Kier alpha value is -4.75. The number of nitriles is 1. The minimum absolute atomic E-state index is 0.00745. The van der Waals surface area contributed by atoms with Crippen LogP contribution in [0.5, 0.6) is 5.75 Å². The van der Waals surface area contributed by atoms with Crippen molar-refractivity contribution in [2.24, 2.45) is 0 Å². The van der Waals surface area contributed by atoms with E-state index in [1.807, 2.05) is 0 Å². The van der Waals surface area contributed by atoms with E-state index in [-0.39, 0.29) is 23.0 Å². The number of carbonyl (C=O) groups excluding carboxylic acids is 3. The van der Waals surface area contributed by atoms with Gasteiger partial charge in [0.2, 0.25) is 5.91 Å². The minimum Gasteiger partial charge on any atom is -0.497 e. The molecule has 1 atom stereocenters. The molecule has 4 rings (SSSR count). The van der Waals surface area contributed by atoms with Gasteiger partial charge in [0.25, 0.3) is 5.91 Å². The number of amides is 2. The van der Waals surface area contributed by atoms with E-state index in [4.69, 9.17) is 9.15 Å². The largest absolute Gasteiger partial charge is 0.497 e. The fraction of sp³-hybridized carbons (Fsp3) is 0.172. The number of benzene rings is 2. The molecule has 0 aliphatic carbocycles. The molecule has 10 heteroatoms. The van der Waals surface area contributed by atoms with Crippen LogP contribution in [0.1, 0.15) is 35.9 Å². The van der Waals surface area contributed by atoms with Crippen molar-refractivity contribution < 1.29 is 23.5 Å².